The first kappa shape index (κ1) is 17.7. The van der Waals surface area contributed by atoms with E-state index < -0.39 is 17.7 Å². The van der Waals surface area contributed by atoms with Gasteiger partial charge in [-0.15, -0.1) is 0 Å². The number of aliphatic carboxylic acids is 1. The standard InChI is InChI=1S/C20H18O6/c1-12-5-3-4-6-14(12)16-10-19(21)26-17-9-13(7-8-15(16)17)25-18(11-24-2)20(22)23/h3-10,18H,11H2,1-2H3,(H,22,23)/t18-/m0/s1. The maximum Gasteiger partial charge on any atom is 0.347 e. The van der Waals surface area contributed by atoms with Crippen LogP contribution in [0.4, 0.5) is 0 Å². The number of ether oxygens (including phenoxy) is 2. The minimum Gasteiger partial charge on any atom is -0.478 e. The molecule has 2 aromatic carbocycles. The summed E-state index contributed by atoms with van der Waals surface area (Å²) in [6.45, 7) is 1.87. The fraction of sp³-hybridized carbons (Fsp3) is 0.200. The highest BCUT2D eigenvalue weighted by Gasteiger charge is 2.20. The van der Waals surface area contributed by atoms with Crippen LogP contribution < -0.4 is 10.4 Å². The fourth-order valence-corrected chi connectivity index (χ4v) is 2.79. The Balaban J connectivity index is 2.08. The van der Waals surface area contributed by atoms with Crippen LogP contribution in [0, 0.1) is 6.92 Å². The van der Waals surface area contributed by atoms with Gasteiger partial charge in [-0.05, 0) is 30.2 Å². The Hall–Kier alpha value is -3.12. The number of benzene rings is 2. The monoisotopic (exact) mass is 354 g/mol. The molecule has 1 heterocycles. The molecule has 0 aliphatic heterocycles. The van der Waals surface area contributed by atoms with E-state index in [0.717, 1.165) is 22.1 Å². The summed E-state index contributed by atoms with van der Waals surface area (Å²) in [5.41, 5.74) is 2.56. The van der Waals surface area contributed by atoms with E-state index in [1.54, 1.807) is 12.1 Å². The third kappa shape index (κ3) is 3.60. The predicted octanol–water partition coefficient (Wildman–Crippen LogP) is 3.25. The molecular formula is C20H18O6. The van der Waals surface area contributed by atoms with Crippen molar-refractivity contribution in [2.24, 2.45) is 0 Å². The minimum absolute atomic E-state index is 0.0967. The molecule has 6 heteroatoms. The Labute approximate surface area is 149 Å². The first-order valence-corrected chi connectivity index (χ1v) is 8.02. The summed E-state index contributed by atoms with van der Waals surface area (Å²) in [6, 6.07) is 14.1. The van der Waals surface area contributed by atoms with Crippen molar-refractivity contribution in [3.8, 4) is 16.9 Å². The molecule has 1 N–H and O–H groups in total. The summed E-state index contributed by atoms with van der Waals surface area (Å²) in [5.74, 6) is -0.853. The molecule has 3 rings (SSSR count). The average molecular weight is 354 g/mol. The Bertz CT molecular complexity index is 1000. The van der Waals surface area contributed by atoms with Gasteiger partial charge in [0.25, 0.3) is 0 Å². The van der Waals surface area contributed by atoms with Gasteiger partial charge in [0.15, 0.2) is 0 Å². The lowest BCUT2D eigenvalue weighted by molar-refractivity contribution is -0.147. The zero-order valence-electron chi connectivity index (χ0n) is 14.4. The normalized spacial score (nSPS) is 12.1. The molecule has 0 radical (unpaired) electrons. The molecule has 0 aliphatic rings. The van der Waals surface area contributed by atoms with E-state index in [-0.39, 0.29) is 12.4 Å². The van der Waals surface area contributed by atoms with Crippen molar-refractivity contribution in [2.75, 3.05) is 13.7 Å². The maximum absolute atomic E-state index is 12.0. The number of methoxy groups -OCH3 is 1. The van der Waals surface area contributed by atoms with Crippen molar-refractivity contribution >= 4 is 16.9 Å². The molecule has 0 spiro atoms. The number of carbonyl (C=O) groups is 1. The van der Waals surface area contributed by atoms with Crippen LogP contribution in [0.5, 0.6) is 5.75 Å². The van der Waals surface area contributed by atoms with Gasteiger partial charge in [-0.25, -0.2) is 9.59 Å². The number of carboxylic acid groups (broad SMARTS) is 1. The number of fused-ring (bicyclic) bond motifs is 1. The highest BCUT2D eigenvalue weighted by atomic mass is 16.5. The zero-order valence-corrected chi connectivity index (χ0v) is 14.4. The van der Waals surface area contributed by atoms with Gasteiger partial charge in [0.1, 0.15) is 11.3 Å². The first-order chi connectivity index (χ1) is 12.5. The van der Waals surface area contributed by atoms with Crippen molar-refractivity contribution in [3.05, 3.63) is 64.5 Å². The van der Waals surface area contributed by atoms with Crippen LogP contribution in [0.15, 0.2) is 57.7 Å². The minimum atomic E-state index is -1.15. The van der Waals surface area contributed by atoms with E-state index in [1.807, 2.05) is 31.2 Å². The quantitative estimate of drug-likeness (QED) is 0.684. The molecule has 3 aromatic rings. The smallest absolute Gasteiger partial charge is 0.347 e. The summed E-state index contributed by atoms with van der Waals surface area (Å²) in [6.07, 6.45) is -1.15. The molecule has 26 heavy (non-hydrogen) atoms. The Morgan fingerprint density at radius 2 is 1.92 bits per heavy atom. The summed E-state index contributed by atoms with van der Waals surface area (Å²) < 4.78 is 15.6. The van der Waals surface area contributed by atoms with Gasteiger partial charge < -0.3 is 19.0 Å². The molecule has 134 valence electrons. The zero-order chi connectivity index (χ0) is 18.7. The summed E-state index contributed by atoms with van der Waals surface area (Å²) >= 11 is 0. The summed E-state index contributed by atoms with van der Waals surface area (Å²) in [7, 11) is 1.40. The molecule has 0 unspecified atom stereocenters. The first-order valence-electron chi connectivity index (χ1n) is 8.02. The SMILES string of the molecule is COC[C@H](Oc1ccc2c(-c3ccccc3C)cc(=O)oc2c1)C(=O)O. The Kier molecular flexibility index (Phi) is 5.04. The van der Waals surface area contributed by atoms with Gasteiger partial charge in [0.05, 0.1) is 6.61 Å². The Morgan fingerprint density at radius 3 is 2.62 bits per heavy atom. The van der Waals surface area contributed by atoms with E-state index in [4.69, 9.17) is 19.0 Å². The molecule has 6 nitrogen and oxygen atoms in total. The lowest BCUT2D eigenvalue weighted by Crippen LogP contribution is -2.31. The third-order valence-corrected chi connectivity index (χ3v) is 4.02. The van der Waals surface area contributed by atoms with Crippen LogP contribution in [0.2, 0.25) is 0 Å². The van der Waals surface area contributed by atoms with Crippen molar-refractivity contribution in [3.63, 3.8) is 0 Å². The van der Waals surface area contributed by atoms with Crippen LogP contribution >= 0.6 is 0 Å². The van der Waals surface area contributed by atoms with E-state index in [9.17, 15) is 9.59 Å². The number of rotatable bonds is 6. The van der Waals surface area contributed by atoms with Crippen molar-refractivity contribution < 1.29 is 23.8 Å². The van der Waals surface area contributed by atoms with Gasteiger partial charge in [-0.2, -0.15) is 0 Å². The lowest BCUT2D eigenvalue weighted by atomic mass is 9.98. The maximum atomic E-state index is 12.0. The van der Waals surface area contributed by atoms with Gasteiger partial charge in [-0.1, -0.05) is 24.3 Å². The number of aryl methyl sites for hydroxylation is 1. The molecule has 0 bridgehead atoms. The van der Waals surface area contributed by atoms with Gasteiger partial charge in [-0.3, -0.25) is 0 Å². The molecule has 1 aromatic heterocycles. The fourth-order valence-electron chi connectivity index (χ4n) is 2.79. The van der Waals surface area contributed by atoms with Crippen LogP contribution in [-0.2, 0) is 9.53 Å². The van der Waals surface area contributed by atoms with E-state index in [1.165, 1.54) is 19.2 Å². The molecule has 0 amide bonds. The van der Waals surface area contributed by atoms with Gasteiger partial charge in [0, 0.05) is 30.2 Å². The highest BCUT2D eigenvalue weighted by molar-refractivity contribution is 5.94. The van der Waals surface area contributed by atoms with Crippen LogP contribution in [0.1, 0.15) is 5.56 Å². The summed E-state index contributed by atoms with van der Waals surface area (Å²) in [4.78, 5) is 23.2. The third-order valence-electron chi connectivity index (χ3n) is 4.02. The second-order valence-corrected chi connectivity index (χ2v) is 5.85. The topological polar surface area (TPSA) is 86.0 Å². The number of hydrogen-bond donors (Lipinski definition) is 1. The highest BCUT2D eigenvalue weighted by Crippen LogP contribution is 2.31. The van der Waals surface area contributed by atoms with Gasteiger partial charge >= 0.3 is 11.6 Å². The van der Waals surface area contributed by atoms with Crippen LogP contribution in [0.3, 0.4) is 0 Å². The Morgan fingerprint density at radius 1 is 1.15 bits per heavy atom. The molecular weight excluding hydrogens is 336 g/mol. The van der Waals surface area contributed by atoms with Crippen molar-refractivity contribution in [1.82, 2.24) is 0 Å². The van der Waals surface area contributed by atoms with Crippen molar-refractivity contribution in [1.29, 1.82) is 0 Å². The van der Waals surface area contributed by atoms with E-state index in [2.05, 4.69) is 0 Å². The molecule has 0 saturated heterocycles. The molecule has 1 atom stereocenters. The molecule has 0 aliphatic carbocycles. The van der Waals surface area contributed by atoms with E-state index >= 15 is 0 Å². The summed E-state index contributed by atoms with van der Waals surface area (Å²) in [5, 5.41) is 9.91. The molecule has 0 saturated carbocycles. The lowest BCUT2D eigenvalue weighted by Gasteiger charge is -2.15. The van der Waals surface area contributed by atoms with Gasteiger partial charge in [0.2, 0.25) is 6.10 Å². The van der Waals surface area contributed by atoms with Crippen molar-refractivity contribution in [2.45, 2.75) is 13.0 Å². The van der Waals surface area contributed by atoms with E-state index in [0.29, 0.717) is 5.58 Å². The molecule has 0 fully saturated rings. The number of hydrogen-bond acceptors (Lipinski definition) is 5. The average Bonchev–Trinajstić information content (AvgIpc) is 2.60. The number of carboxylic acids is 1. The van der Waals surface area contributed by atoms with Crippen LogP contribution in [-0.4, -0.2) is 30.9 Å². The van der Waals surface area contributed by atoms with Crippen LogP contribution in [0.25, 0.3) is 22.1 Å². The largest absolute Gasteiger partial charge is 0.478 e. The predicted molar refractivity (Wildman–Crippen MR) is 96.6 cm³/mol. The second kappa shape index (κ2) is 7.41. The second-order valence-electron chi connectivity index (χ2n) is 5.85.